The lowest BCUT2D eigenvalue weighted by molar-refractivity contribution is 0.590. The molecule has 2 nitrogen and oxygen atoms in total. The van der Waals surface area contributed by atoms with Gasteiger partial charge in [0, 0.05) is 39.6 Å². The zero-order chi connectivity index (χ0) is 37.4. The van der Waals surface area contributed by atoms with Gasteiger partial charge in [0.05, 0.1) is 5.69 Å². The zero-order valence-electron chi connectivity index (χ0n) is 32.5. The monoisotopic (exact) mass is 698 g/mol. The lowest BCUT2D eigenvalue weighted by Gasteiger charge is -2.45. The Kier molecular flexibility index (Phi) is 7.97. The Morgan fingerprint density at radius 2 is 0.944 bits per heavy atom. The molecule has 2 aliphatic heterocycles. The fraction of sp³-hybridized carbons (Fsp3) is 0.176. The minimum absolute atomic E-state index is 0.00400. The highest BCUT2D eigenvalue weighted by Gasteiger charge is 2.44. The van der Waals surface area contributed by atoms with Crippen molar-refractivity contribution in [3.8, 4) is 22.3 Å². The number of rotatable bonds is 4. The Balaban J connectivity index is 1.39. The van der Waals surface area contributed by atoms with Gasteiger partial charge in [-0.05, 0) is 98.4 Å². The van der Waals surface area contributed by atoms with Crippen LogP contribution in [0.5, 0.6) is 0 Å². The average molecular weight is 699 g/mol. The Labute approximate surface area is 321 Å². The van der Waals surface area contributed by atoms with Crippen molar-refractivity contribution in [1.29, 1.82) is 0 Å². The van der Waals surface area contributed by atoms with Gasteiger partial charge in [0.25, 0.3) is 6.71 Å². The van der Waals surface area contributed by atoms with Crippen LogP contribution < -0.4 is 26.2 Å². The molecule has 0 unspecified atom stereocenters. The van der Waals surface area contributed by atoms with Crippen molar-refractivity contribution >= 4 is 57.2 Å². The third-order valence-electron chi connectivity index (χ3n) is 11.4. The van der Waals surface area contributed by atoms with Crippen molar-refractivity contribution in [2.75, 3.05) is 9.80 Å². The SMILES string of the molecule is Cc1cc2c3c(c1)N(c1c(-c4ccccc4)cccc1-c1ccccc1)c1ccccc1B3c1cc(C(C)(C)C)ccc1N2c1ccc(C(C)(C)C)cc1. The van der Waals surface area contributed by atoms with Crippen LogP contribution in [-0.2, 0) is 10.8 Å². The second kappa shape index (κ2) is 12.7. The highest BCUT2D eigenvalue weighted by atomic mass is 15.2. The topological polar surface area (TPSA) is 6.48 Å². The molecular formula is C51H47BN2. The molecule has 7 aromatic rings. The predicted molar refractivity (Wildman–Crippen MR) is 233 cm³/mol. The third kappa shape index (κ3) is 5.57. The lowest BCUT2D eigenvalue weighted by atomic mass is 9.33. The first kappa shape index (κ1) is 34.0. The summed E-state index contributed by atoms with van der Waals surface area (Å²) in [5.41, 5.74) is 20.2. The highest BCUT2D eigenvalue weighted by molar-refractivity contribution is 7.00. The van der Waals surface area contributed by atoms with E-state index in [1.54, 1.807) is 0 Å². The molecule has 0 radical (unpaired) electrons. The number of benzene rings is 7. The molecule has 0 saturated carbocycles. The van der Waals surface area contributed by atoms with Crippen molar-refractivity contribution < 1.29 is 0 Å². The van der Waals surface area contributed by atoms with Gasteiger partial charge in [-0.3, -0.25) is 0 Å². The number of nitrogens with zero attached hydrogens (tertiary/aromatic N) is 2. The van der Waals surface area contributed by atoms with Gasteiger partial charge in [-0.25, -0.2) is 0 Å². The van der Waals surface area contributed by atoms with E-state index in [1.165, 1.54) is 89.5 Å². The van der Waals surface area contributed by atoms with Crippen LogP contribution in [0, 0.1) is 6.92 Å². The first-order chi connectivity index (χ1) is 26.0. The summed E-state index contributed by atoms with van der Waals surface area (Å²) in [4.78, 5) is 5.12. The molecule has 0 spiro atoms. The molecule has 2 heterocycles. The maximum Gasteiger partial charge on any atom is 0.252 e. The van der Waals surface area contributed by atoms with E-state index in [1.807, 2.05) is 0 Å². The molecule has 264 valence electrons. The van der Waals surface area contributed by atoms with Gasteiger partial charge < -0.3 is 9.80 Å². The van der Waals surface area contributed by atoms with Crippen LogP contribution in [0.4, 0.5) is 34.1 Å². The fourth-order valence-corrected chi connectivity index (χ4v) is 8.67. The minimum atomic E-state index is 0.00400. The second-order valence-corrected chi connectivity index (χ2v) is 17.1. The number of hydrogen-bond donors (Lipinski definition) is 0. The van der Waals surface area contributed by atoms with Crippen LogP contribution >= 0.6 is 0 Å². The minimum Gasteiger partial charge on any atom is -0.311 e. The molecule has 7 aromatic carbocycles. The highest BCUT2D eigenvalue weighted by Crippen LogP contribution is 2.50. The Morgan fingerprint density at radius 1 is 0.426 bits per heavy atom. The summed E-state index contributed by atoms with van der Waals surface area (Å²) in [7, 11) is 0. The van der Waals surface area contributed by atoms with Gasteiger partial charge in [0.15, 0.2) is 0 Å². The summed E-state index contributed by atoms with van der Waals surface area (Å²) >= 11 is 0. The number of hydrogen-bond acceptors (Lipinski definition) is 2. The van der Waals surface area contributed by atoms with Crippen LogP contribution in [-0.4, -0.2) is 6.71 Å². The Hall–Kier alpha value is -5.80. The van der Waals surface area contributed by atoms with Gasteiger partial charge in [-0.2, -0.15) is 0 Å². The van der Waals surface area contributed by atoms with Crippen molar-refractivity contribution in [3.05, 3.63) is 174 Å². The molecule has 0 aliphatic carbocycles. The smallest absolute Gasteiger partial charge is 0.252 e. The number of aryl methyl sites for hydroxylation is 1. The van der Waals surface area contributed by atoms with Crippen LogP contribution in [0.3, 0.4) is 0 Å². The summed E-state index contributed by atoms with van der Waals surface area (Å²) in [5.74, 6) is 0. The van der Waals surface area contributed by atoms with Gasteiger partial charge in [0.2, 0.25) is 0 Å². The van der Waals surface area contributed by atoms with Crippen LogP contribution in [0.2, 0.25) is 0 Å². The molecule has 3 heteroatoms. The largest absolute Gasteiger partial charge is 0.311 e. The molecule has 0 bridgehead atoms. The molecule has 9 rings (SSSR count). The molecule has 0 N–H and O–H groups in total. The van der Waals surface area contributed by atoms with Crippen molar-refractivity contribution in [2.24, 2.45) is 0 Å². The van der Waals surface area contributed by atoms with Crippen LogP contribution in [0.1, 0.15) is 58.2 Å². The normalized spacial score (nSPS) is 13.4. The molecule has 2 aliphatic rings. The molecular weight excluding hydrogens is 651 g/mol. The Bertz CT molecular complexity index is 2460. The summed E-state index contributed by atoms with van der Waals surface area (Å²) in [6.45, 7) is 16.2. The molecule has 0 saturated heterocycles. The molecule has 0 aromatic heterocycles. The maximum atomic E-state index is 2.59. The summed E-state index contributed by atoms with van der Waals surface area (Å²) < 4.78 is 0. The van der Waals surface area contributed by atoms with Crippen LogP contribution in [0.15, 0.2) is 158 Å². The predicted octanol–water partition coefficient (Wildman–Crippen LogP) is 12.0. The van der Waals surface area contributed by atoms with E-state index in [2.05, 4.69) is 216 Å². The Morgan fingerprint density at radius 3 is 1.54 bits per heavy atom. The van der Waals surface area contributed by atoms with E-state index in [0.29, 0.717) is 0 Å². The van der Waals surface area contributed by atoms with E-state index < -0.39 is 0 Å². The second-order valence-electron chi connectivity index (χ2n) is 17.1. The van der Waals surface area contributed by atoms with Gasteiger partial charge in [-0.1, -0.05) is 163 Å². The van der Waals surface area contributed by atoms with Gasteiger partial charge in [0.1, 0.15) is 0 Å². The summed E-state index contributed by atoms with van der Waals surface area (Å²) in [6.07, 6.45) is 0. The quantitative estimate of drug-likeness (QED) is 0.169. The van der Waals surface area contributed by atoms with E-state index >= 15 is 0 Å². The fourth-order valence-electron chi connectivity index (χ4n) is 8.67. The molecule has 0 atom stereocenters. The van der Waals surface area contributed by atoms with Crippen LogP contribution in [0.25, 0.3) is 22.3 Å². The zero-order valence-corrected chi connectivity index (χ0v) is 32.5. The van der Waals surface area contributed by atoms with Gasteiger partial charge >= 0.3 is 0 Å². The number of fused-ring (bicyclic) bond motifs is 4. The summed E-state index contributed by atoms with van der Waals surface area (Å²) in [6, 6.07) is 59.1. The number of anilines is 6. The molecule has 0 amide bonds. The van der Waals surface area contributed by atoms with Crippen molar-refractivity contribution in [2.45, 2.75) is 59.3 Å². The van der Waals surface area contributed by atoms with E-state index in [0.717, 1.165) is 0 Å². The number of para-hydroxylation sites is 2. The lowest BCUT2D eigenvalue weighted by Crippen LogP contribution is -2.61. The standard InChI is InChI=1S/C51H47BN2/c1-34-31-46-48-47(32-34)54(49-40(35-17-10-8-11-18-35)21-16-22-41(49)36-19-12-9-13-20-36)44-24-15-14-23-42(44)52(48)43-33-38(51(5,6)7)27-30-45(43)53(46)39-28-25-37(26-29-39)50(2,3)4/h8-33H,1-7H3. The first-order valence-electron chi connectivity index (χ1n) is 19.3. The van der Waals surface area contributed by atoms with E-state index in [4.69, 9.17) is 0 Å². The molecule has 54 heavy (non-hydrogen) atoms. The average Bonchev–Trinajstić information content (AvgIpc) is 3.17. The summed E-state index contributed by atoms with van der Waals surface area (Å²) in [5, 5.41) is 0. The third-order valence-corrected chi connectivity index (χ3v) is 11.4. The maximum absolute atomic E-state index is 2.59. The van der Waals surface area contributed by atoms with Gasteiger partial charge in [-0.15, -0.1) is 0 Å². The van der Waals surface area contributed by atoms with Crippen molar-refractivity contribution in [1.82, 2.24) is 0 Å². The van der Waals surface area contributed by atoms with Crippen molar-refractivity contribution in [3.63, 3.8) is 0 Å². The van der Waals surface area contributed by atoms with E-state index in [9.17, 15) is 0 Å². The van der Waals surface area contributed by atoms with E-state index in [-0.39, 0.29) is 17.5 Å². The first-order valence-corrected chi connectivity index (χ1v) is 19.3. The molecule has 0 fully saturated rings.